The first-order valence-electron chi connectivity index (χ1n) is 6.62. The molecule has 0 atom stereocenters. The predicted octanol–water partition coefficient (Wildman–Crippen LogP) is 0.327. The largest absolute Gasteiger partial charge is 0.316 e. The van der Waals surface area contributed by atoms with E-state index in [1.165, 1.54) is 27.9 Å². The highest BCUT2D eigenvalue weighted by Gasteiger charge is 2.30. The van der Waals surface area contributed by atoms with E-state index >= 15 is 0 Å². The first kappa shape index (κ1) is 16.9. The Morgan fingerprint density at radius 1 is 1.04 bits per heavy atom. The summed E-state index contributed by atoms with van der Waals surface area (Å²) in [5.41, 5.74) is -2.09. The molecule has 23 heavy (non-hydrogen) atoms. The van der Waals surface area contributed by atoms with Crippen LogP contribution in [0.2, 0.25) is 0 Å². The number of nitro benzene ring substituents is 1. The summed E-state index contributed by atoms with van der Waals surface area (Å²) in [4.78, 5) is 33.7. The molecule has 0 bridgehead atoms. The van der Waals surface area contributed by atoms with Gasteiger partial charge < -0.3 is 9.13 Å². The summed E-state index contributed by atoms with van der Waals surface area (Å²) in [7, 11) is -1.33. The van der Waals surface area contributed by atoms with Crippen molar-refractivity contribution in [1.82, 2.24) is 9.13 Å². The standard InChI is InChI=1S/C13H15N3O6S/c1-7(2)23(21,22)11-6-9-8(5-10(11)16(19)20)14(3)12(17)13(18)15(9)4/h5-7H,1-4H3. The van der Waals surface area contributed by atoms with Crippen molar-refractivity contribution in [2.45, 2.75) is 24.0 Å². The van der Waals surface area contributed by atoms with Gasteiger partial charge in [-0.15, -0.1) is 0 Å². The average Bonchev–Trinajstić information content (AvgIpc) is 2.49. The van der Waals surface area contributed by atoms with E-state index in [9.17, 15) is 28.1 Å². The molecule has 0 saturated carbocycles. The van der Waals surface area contributed by atoms with E-state index in [2.05, 4.69) is 0 Å². The van der Waals surface area contributed by atoms with E-state index in [0.29, 0.717) is 0 Å². The fraction of sp³-hybridized carbons (Fsp3) is 0.385. The number of sulfone groups is 1. The maximum absolute atomic E-state index is 12.4. The van der Waals surface area contributed by atoms with Gasteiger partial charge in [0.15, 0.2) is 9.84 Å². The van der Waals surface area contributed by atoms with Crippen molar-refractivity contribution in [1.29, 1.82) is 0 Å². The fourth-order valence-electron chi connectivity index (χ4n) is 2.21. The number of hydrogen-bond donors (Lipinski definition) is 0. The summed E-state index contributed by atoms with van der Waals surface area (Å²) < 4.78 is 26.7. The molecular formula is C13H15N3O6S. The molecule has 0 amide bonds. The Kier molecular flexibility index (Phi) is 3.89. The minimum absolute atomic E-state index is 0.103. The molecule has 0 spiro atoms. The van der Waals surface area contributed by atoms with Gasteiger partial charge in [-0.2, -0.15) is 0 Å². The highest BCUT2D eigenvalue weighted by molar-refractivity contribution is 7.92. The zero-order valence-electron chi connectivity index (χ0n) is 12.9. The number of aromatic nitrogens is 2. The number of rotatable bonds is 3. The van der Waals surface area contributed by atoms with Gasteiger partial charge in [-0.3, -0.25) is 19.7 Å². The number of benzene rings is 1. The van der Waals surface area contributed by atoms with Gasteiger partial charge in [-0.25, -0.2) is 8.42 Å². The molecule has 124 valence electrons. The van der Waals surface area contributed by atoms with E-state index < -0.39 is 41.7 Å². The third-order valence-electron chi connectivity index (χ3n) is 3.69. The molecule has 0 fully saturated rings. The van der Waals surface area contributed by atoms with Crippen molar-refractivity contribution in [3.05, 3.63) is 43.0 Å². The monoisotopic (exact) mass is 341 g/mol. The molecule has 0 aliphatic carbocycles. The maximum atomic E-state index is 12.4. The Hall–Kier alpha value is -2.49. The van der Waals surface area contributed by atoms with Crippen molar-refractivity contribution in [3.8, 4) is 0 Å². The highest BCUT2D eigenvalue weighted by Crippen LogP contribution is 2.30. The third kappa shape index (κ3) is 2.44. The Balaban J connectivity index is 3.13. The molecular weight excluding hydrogens is 326 g/mol. The van der Waals surface area contributed by atoms with Crippen LogP contribution in [0.4, 0.5) is 5.69 Å². The molecule has 0 N–H and O–H groups in total. The Labute approximate surface area is 130 Å². The second-order valence-electron chi connectivity index (χ2n) is 5.39. The van der Waals surface area contributed by atoms with Crippen molar-refractivity contribution in [2.75, 3.05) is 0 Å². The lowest BCUT2D eigenvalue weighted by Crippen LogP contribution is -2.39. The molecule has 0 aliphatic rings. The second-order valence-corrected chi connectivity index (χ2v) is 7.86. The summed E-state index contributed by atoms with van der Waals surface area (Å²) in [6.07, 6.45) is 0. The van der Waals surface area contributed by atoms with Crippen LogP contribution in [-0.4, -0.2) is 27.7 Å². The third-order valence-corrected chi connectivity index (χ3v) is 5.88. The van der Waals surface area contributed by atoms with Gasteiger partial charge >= 0.3 is 11.1 Å². The predicted molar refractivity (Wildman–Crippen MR) is 83.4 cm³/mol. The van der Waals surface area contributed by atoms with Crippen LogP contribution < -0.4 is 11.1 Å². The van der Waals surface area contributed by atoms with Crippen LogP contribution in [0.5, 0.6) is 0 Å². The molecule has 1 heterocycles. The van der Waals surface area contributed by atoms with Gasteiger partial charge in [-0.1, -0.05) is 0 Å². The van der Waals surface area contributed by atoms with Crippen molar-refractivity contribution in [2.24, 2.45) is 14.1 Å². The van der Waals surface area contributed by atoms with Gasteiger partial charge in [0.05, 0.1) is 21.2 Å². The minimum Gasteiger partial charge on any atom is -0.305 e. The fourth-order valence-corrected chi connectivity index (χ4v) is 3.42. The quantitative estimate of drug-likeness (QED) is 0.450. The van der Waals surface area contributed by atoms with E-state index in [0.717, 1.165) is 21.3 Å². The minimum atomic E-state index is -3.94. The highest BCUT2D eigenvalue weighted by atomic mass is 32.2. The van der Waals surface area contributed by atoms with Crippen molar-refractivity contribution < 1.29 is 13.3 Å². The van der Waals surface area contributed by atoms with Crippen molar-refractivity contribution >= 4 is 26.6 Å². The first-order valence-corrected chi connectivity index (χ1v) is 8.16. The summed E-state index contributed by atoms with van der Waals surface area (Å²) >= 11 is 0. The molecule has 10 heteroatoms. The summed E-state index contributed by atoms with van der Waals surface area (Å²) in [5.74, 6) is 0. The molecule has 2 rings (SSSR count). The van der Waals surface area contributed by atoms with Crippen LogP contribution in [-0.2, 0) is 23.9 Å². The van der Waals surface area contributed by atoms with Crippen LogP contribution in [0.1, 0.15) is 13.8 Å². The van der Waals surface area contributed by atoms with E-state index in [4.69, 9.17) is 0 Å². The smallest absolute Gasteiger partial charge is 0.305 e. The van der Waals surface area contributed by atoms with Crippen LogP contribution in [0, 0.1) is 10.1 Å². The Morgan fingerprint density at radius 2 is 1.48 bits per heavy atom. The number of nitro groups is 1. The van der Waals surface area contributed by atoms with Crippen molar-refractivity contribution in [3.63, 3.8) is 0 Å². The maximum Gasteiger partial charge on any atom is 0.316 e. The zero-order chi connectivity index (χ0) is 17.7. The molecule has 0 aliphatic heterocycles. The van der Waals surface area contributed by atoms with Crippen LogP contribution in [0.3, 0.4) is 0 Å². The summed E-state index contributed by atoms with van der Waals surface area (Å²) in [6.45, 7) is 2.81. The van der Waals surface area contributed by atoms with E-state index in [1.54, 1.807) is 0 Å². The number of aryl methyl sites for hydroxylation is 2. The molecule has 0 radical (unpaired) electrons. The lowest BCUT2D eigenvalue weighted by atomic mass is 10.2. The first-order chi connectivity index (χ1) is 10.5. The normalized spacial score (nSPS) is 12.0. The van der Waals surface area contributed by atoms with Crippen LogP contribution in [0.15, 0.2) is 26.6 Å². The Bertz CT molecular complexity index is 1050. The van der Waals surface area contributed by atoms with Gasteiger partial charge in [-0.05, 0) is 19.9 Å². The molecule has 1 aromatic heterocycles. The zero-order valence-corrected chi connectivity index (χ0v) is 13.7. The number of nitrogens with zero attached hydrogens (tertiary/aromatic N) is 3. The molecule has 9 nitrogen and oxygen atoms in total. The summed E-state index contributed by atoms with van der Waals surface area (Å²) in [5, 5.41) is 10.4. The topological polar surface area (TPSA) is 121 Å². The molecule has 0 unspecified atom stereocenters. The van der Waals surface area contributed by atoms with Gasteiger partial charge in [0, 0.05) is 20.2 Å². The second kappa shape index (κ2) is 5.30. The van der Waals surface area contributed by atoms with Crippen LogP contribution in [0.25, 0.3) is 11.0 Å². The lowest BCUT2D eigenvalue weighted by Gasteiger charge is -2.13. The Morgan fingerprint density at radius 3 is 1.87 bits per heavy atom. The van der Waals surface area contributed by atoms with Gasteiger partial charge in [0.1, 0.15) is 4.90 Å². The SMILES string of the molecule is CC(C)S(=O)(=O)c1cc2c(cc1[N+](=O)[O-])n(C)c(=O)c(=O)n2C. The van der Waals surface area contributed by atoms with E-state index in [1.807, 2.05) is 0 Å². The molecule has 2 aromatic rings. The van der Waals surface area contributed by atoms with Crippen LogP contribution >= 0.6 is 0 Å². The number of hydrogen-bond acceptors (Lipinski definition) is 6. The summed E-state index contributed by atoms with van der Waals surface area (Å²) in [6, 6.07) is 2.08. The molecule has 1 aromatic carbocycles. The number of fused-ring (bicyclic) bond motifs is 1. The molecule has 0 saturated heterocycles. The van der Waals surface area contributed by atoms with Gasteiger partial charge in [0.25, 0.3) is 5.69 Å². The average molecular weight is 341 g/mol. The van der Waals surface area contributed by atoms with Gasteiger partial charge in [0.2, 0.25) is 0 Å². The lowest BCUT2D eigenvalue weighted by molar-refractivity contribution is -0.387. The van der Waals surface area contributed by atoms with E-state index in [-0.39, 0.29) is 11.0 Å².